The third-order valence-electron chi connectivity index (χ3n) is 4.39. The number of carbonyl (C=O) groups is 2. The van der Waals surface area contributed by atoms with Crippen molar-refractivity contribution in [2.75, 3.05) is 19.0 Å². The predicted molar refractivity (Wildman–Crippen MR) is 111 cm³/mol. The average Bonchev–Trinajstić information content (AvgIpc) is 3.09. The summed E-state index contributed by atoms with van der Waals surface area (Å²) in [5.41, 5.74) is 4.08. The Labute approximate surface area is 169 Å². The van der Waals surface area contributed by atoms with Gasteiger partial charge < -0.3 is 14.8 Å². The molecule has 1 heterocycles. The second-order valence-corrected chi connectivity index (χ2v) is 6.43. The molecule has 0 aliphatic carbocycles. The molecule has 3 aromatic rings. The van der Waals surface area contributed by atoms with Gasteiger partial charge in [-0.3, -0.25) is 9.48 Å². The zero-order valence-corrected chi connectivity index (χ0v) is 16.9. The quantitative estimate of drug-likeness (QED) is 0.643. The van der Waals surface area contributed by atoms with Crippen LogP contribution in [0, 0.1) is 0 Å². The van der Waals surface area contributed by atoms with Crippen LogP contribution in [0.1, 0.15) is 24.2 Å². The number of benzene rings is 2. The standard InChI is InChI=1S/C22H23N3O4/c1-5-29-22(27)18-12-16(8-11-19(18)23-14(2)26)21-13-20(24-25(21)3)15-6-9-17(28-4)10-7-15/h6-13H,5H2,1-4H3,(H,23,26). The summed E-state index contributed by atoms with van der Waals surface area (Å²) in [5, 5.41) is 7.26. The lowest BCUT2D eigenvalue weighted by atomic mass is 10.0. The van der Waals surface area contributed by atoms with Crippen molar-refractivity contribution in [2.24, 2.45) is 7.05 Å². The molecule has 7 heteroatoms. The number of ether oxygens (including phenoxy) is 2. The van der Waals surface area contributed by atoms with Crippen LogP contribution in [0.3, 0.4) is 0 Å². The highest BCUT2D eigenvalue weighted by Crippen LogP contribution is 2.30. The summed E-state index contributed by atoms with van der Waals surface area (Å²) >= 11 is 0. The van der Waals surface area contributed by atoms with Gasteiger partial charge in [0.15, 0.2) is 0 Å². The van der Waals surface area contributed by atoms with E-state index < -0.39 is 5.97 Å². The summed E-state index contributed by atoms with van der Waals surface area (Å²) in [6.45, 7) is 3.38. The van der Waals surface area contributed by atoms with Gasteiger partial charge in [-0.1, -0.05) is 6.07 Å². The first kappa shape index (κ1) is 20.1. The van der Waals surface area contributed by atoms with Gasteiger partial charge in [-0.2, -0.15) is 5.10 Å². The van der Waals surface area contributed by atoms with Crippen LogP contribution in [0.15, 0.2) is 48.5 Å². The van der Waals surface area contributed by atoms with Crippen LogP contribution >= 0.6 is 0 Å². The highest BCUT2D eigenvalue weighted by molar-refractivity contribution is 6.01. The van der Waals surface area contributed by atoms with Crippen LogP contribution in [0.2, 0.25) is 0 Å². The molecule has 0 saturated carbocycles. The van der Waals surface area contributed by atoms with Crippen molar-refractivity contribution in [3.05, 3.63) is 54.1 Å². The van der Waals surface area contributed by atoms with E-state index in [1.807, 2.05) is 43.4 Å². The average molecular weight is 393 g/mol. The number of hydrogen-bond donors (Lipinski definition) is 1. The van der Waals surface area contributed by atoms with Gasteiger partial charge in [0.05, 0.1) is 36.4 Å². The number of aromatic nitrogens is 2. The van der Waals surface area contributed by atoms with Crippen molar-refractivity contribution in [1.29, 1.82) is 0 Å². The van der Waals surface area contributed by atoms with Crippen molar-refractivity contribution in [3.63, 3.8) is 0 Å². The first-order chi connectivity index (χ1) is 13.9. The van der Waals surface area contributed by atoms with Gasteiger partial charge in [0.1, 0.15) is 5.75 Å². The van der Waals surface area contributed by atoms with Gasteiger partial charge >= 0.3 is 5.97 Å². The molecule has 2 aromatic carbocycles. The SMILES string of the molecule is CCOC(=O)c1cc(-c2cc(-c3ccc(OC)cc3)nn2C)ccc1NC(C)=O. The van der Waals surface area contributed by atoms with Gasteiger partial charge in [0, 0.05) is 25.1 Å². The van der Waals surface area contributed by atoms with E-state index in [0.717, 1.165) is 28.3 Å². The maximum Gasteiger partial charge on any atom is 0.340 e. The molecular weight excluding hydrogens is 370 g/mol. The number of nitrogens with one attached hydrogen (secondary N) is 1. The molecule has 0 unspecified atom stereocenters. The van der Waals surface area contributed by atoms with Crippen LogP contribution in [0.25, 0.3) is 22.5 Å². The summed E-state index contributed by atoms with van der Waals surface area (Å²) in [7, 11) is 3.47. The third kappa shape index (κ3) is 4.45. The van der Waals surface area contributed by atoms with E-state index in [1.54, 1.807) is 30.8 Å². The number of aryl methyl sites for hydroxylation is 1. The van der Waals surface area contributed by atoms with Crippen molar-refractivity contribution in [3.8, 4) is 28.3 Å². The Bertz CT molecular complexity index is 1040. The Hall–Kier alpha value is -3.61. The van der Waals surface area contributed by atoms with E-state index in [0.29, 0.717) is 11.3 Å². The fourth-order valence-electron chi connectivity index (χ4n) is 3.02. The third-order valence-corrected chi connectivity index (χ3v) is 4.39. The fraction of sp³-hybridized carbons (Fsp3) is 0.227. The molecule has 0 saturated heterocycles. The van der Waals surface area contributed by atoms with Gasteiger partial charge in [0.25, 0.3) is 0 Å². The summed E-state index contributed by atoms with van der Waals surface area (Å²) < 4.78 is 12.1. The predicted octanol–water partition coefficient (Wildman–Crippen LogP) is 3.90. The molecular formula is C22H23N3O4. The maximum atomic E-state index is 12.4. The lowest BCUT2D eigenvalue weighted by Gasteiger charge is -2.11. The van der Waals surface area contributed by atoms with Crippen LogP contribution in [0.5, 0.6) is 5.75 Å². The first-order valence-electron chi connectivity index (χ1n) is 9.20. The summed E-state index contributed by atoms with van der Waals surface area (Å²) in [5.74, 6) is 0.0267. The molecule has 1 amide bonds. The number of amides is 1. The van der Waals surface area contributed by atoms with Gasteiger partial charge in [-0.25, -0.2) is 4.79 Å². The lowest BCUT2D eigenvalue weighted by Crippen LogP contribution is -2.13. The lowest BCUT2D eigenvalue weighted by molar-refractivity contribution is -0.114. The number of esters is 1. The smallest absolute Gasteiger partial charge is 0.340 e. The topological polar surface area (TPSA) is 82.4 Å². The van der Waals surface area contributed by atoms with Crippen molar-refractivity contribution >= 4 is 17.6 Å². The molecule has 150 valence electrons. The van der Waals surface area contributed by atoms with Crippen molar-refractivity contribution in [1.82, 2.24) is 9.78 Å². The summed E-state index contributed by atoms with van der Waals surface area (Å²) in [6.07, 6.45) is 0. The minimum absolute atomic E-state index is 0.246. The monoisotopic (exact) mass is 393 g/mol. The van der Waals surface area contributed by atoms with Gasteiger partial charge in [-0.05, 0) is 49.4 Å². The Morgan fingerprint density at radius 3 is 2.38 bits per heavy atom. The van der Waals surface area contributed by atoms with Crippen LogP contribution < -0.4 is 10.1 Å². The molecule has 0 radical (unpaired) electrons. The van der Waals surface area contributed by atoms with E-state index in [2.05, 4.69) is 10.4 Å². The molecule has 0 fully saturated rings. The molecule has 1 aromatic heterocycles. The van der Waals surface area contributed by atoms with E-state index in [-0.39, 0.29) is 12.5 Å². The molecule has 0 aliphatic heterocycles. The molecule has 0 atom stereocenters. The number of carbonyl (C=O) groups excluding carboxylic acids is 2. The van der Waals surface area contributed by atoms with Crippen LogP contribution in [-0.2, 0) is 16.6 Å². The van der Waals surface area contributed by atoms with Crippen LogP contribution in [-0.4, -0.2) is 35.4 Å². The molecule has 1 N–H and O–H groups in total. The molecule has 7 nitrogen and oxygen atoms in total. The van der Waals surface area contributed by atoms with E-state index in [9.17, 15) is 9.59 Å². The number of nitrogens with zero attached hydrogens (tertiary/aromatic N) is 2. The minimum atomic E-state index is -0.490. The van der Waals surface area contributed by atoms with E-state index in [1.165, 1.54) is 6.92 Å². The largest absolute Gasteiger partial charge is 0.497 e. The molecule has 0 bridgehead atoms. The van der Waals surface area contributed by atoms with Crippen molar-refractivity contribution < 1.29 is 19.1 Å². The zero-order valence-electron chi connectivity index (χ0n) is 16.9. The normalized spacial score (nSPS) is 10.5. The van der Waals surface area contributed by atoms with E-state index >= 15 is 0 Å². The second-order valence-electron chi connectivity index (χ2n) is 6.43. The molecule has 0 spiro atoms. The van der Waals surface area contributed by atoms with Gasteiger partial charge in [-0.15, -0.1) is 0 Å². The Kier molecular flexibility index (Phi) is 5.97. The maximum absolute atomic E-state index is 12.4. The minimum Gasteiger partial charge on any atom is -0.497 e. The highest BCUT2D eigenvalue weighted by atomic mass is 16.5. The van der Waals surface area contributed by atoms with Crippen LogP contribution in [0.4, 0.5) is 5.69 Å². The molecule has 0 aliphatic rings. The highest BCUT2D eigenvalue weighted by Gasteiger charge is 2.17. The fourth-order valence-corrected chi connectivity index (χ4v) is 3.02. The molecule has 29 heavy (non-hydrogen) atoms. The Morgan fingerprint density at radius 2 is 1.76 bits per heavy atom. The number of hydrogen-bond acceptors (Lipinski definition) is 5. The Balaban J connectivity index is 2.01. The van der Waals surface area contributed by atoms with Gasteiger partial charge in [0.2, 0.25) is 5.91 Å². The number of methoxy groups -OCH3 is 1. The number of rotatable bonds is 6. The Morgan fingerprint density at radius 1 is 1.07 bits per heavy atom. The van der Waals surface area contributed by atoms with E-state index in [4.69, 9.17) is 9.47 Å². The van der Waals surface area contributed by atoms with Crippen molar-refractivity contribution in [2.45, 2.75) is 13.8 Å². The summed E-state index contributed by atoms with van der Waals surface area (Å²) in [6, 6.07) is 14.8. The molecule has 3 rings (SSSR count). The second kappa shape index (κ2) is 8.60. The number of anilines is 1. The zero-order chi connectivity index (χ0) is 21.0. The first-order valence-corrected chi connectivity index (χ1v) is 9.20. The summed E-state index contributed by atoms with van der Waals surface area (Å²) in [4.78, 5) is 23.9.